The molecule has 2 aromatic rings. The van der Waals surface area contributed by atoms with Gasteiger partial charge in [0, 0.05) is 18.1 Å². The number of anilines is 2. The molecule has 7 nitrogen and oxygen atoms in total. The summed E-state index contributed by atoms with van der Waals surface area (Å²) in [5.41, 5.74) is 1.73. The van der Waals surface area contributed by atoms with Gasteiger partial charge in [0.1, 0.15) is 11.6 Å². The van der Waals surface area contributed by atoms with E-state index in [2.05, 4.69) is 20.6 Å². The largest absolute Gasteiger partial charge is 0.373 e. The third-order valence-electron chi connectivity index (χ3n) is 2.20. The van der Waals surface area contributed by atoms with Crippen molar-refractivity contribution in [2.45, 2.75) is 6.54 Å². The molecule has 0 saturated carbocycles. The van der Waals surface area contributed by atoms with E-state index in [4.69, 9.17) is 0 Å². The Labute approximate surface area is 107 Å². The Balaban J connectivity index is 2.16. The molecule has 94 valence electrons. The van der Waals surface area contributed by atoms with Gasteiger partial charge in [-0.05, 0) is 0 Å². The lowest BCUT2D eigenvalue weighted by molar-refractivity contribution is -0.384. The van der Waals surface area contributed by atoms with Crippen LogP contribution in [0.3, 0.4) is 0 Å². The summed E-state index contributed by atoms with van der Waals surface area (Å²) in [6.07, 6.45) is 1.74. The zero-order valence-electron chi connectivity index (χ0n) is 9.58. The van der Waals surface area contributed by atoms with Crippen LogP contribution in [0.1, 0.15) is 4.88 Å². The van der Waals surface area contributed by atoms with Gasteiger partial charge < -0.3 is 10.6 Å². The lowest BCUT2D eigenvalue weighted by Crippen LogP contribution is -2.03. The average Bonchev–Trinajstić information content (AvgIpc) is 2.89. The Morgan fingerprint density at radius 1 is 1.44 bits per heavy atom. The molecule has 18 heavy (non-hydrogen) atoms. The smallest absolute Gasteiger partial charge is 0.276 e. The van der Waals surface area contributed by atoms with Crippen LogP contribution in [0.2, 0.25) is 0 Å². The molecule has 0 fully saturated rings. The van der Waals surface area contributed by atoms with E-state index in [0.29, 0.717) is 18.2 Å². The first-order valence-corrected chi connectivity index (χ1v) is 6.02. The fraction of sp³-hybridized carbons (Fsp3) is 0.200. The Kier molecular flexibility index (Phi) is 3.68. The molecule has 0 radical (unpaired) electrons. The van der Waals surface area contributed by atoms with Crippen molar-refractivity contribution in [3.63, 3.8) is 0 Å². The number of hydrogen-bond donors (Lipinski definition) is 2. The normalized spacial score (nSPS) is 10.1. The van der Waals surface area contributed by atoms with Crippen molar-refractivity contribution >= 4 is 28.7 Å². The van der Waals surface area contributed by atoms with Crippen LogP contribution in [0.25, 0.3) is 0 Å². The summed E-state index contributed by atoms with van der Waals surface area (Å²) in [6.45, 7) is 0.544. The molecule has 2 N–H and O–H groups in total. The van der Waals surface area contributed by atoms with E-state index in [0.717, 1.165) is 4.88 Å². The number of hydrogen-bond acceptors (Lipinski definition) is 7. The van der Waals surface area contributed by atoms with Crippen LogP contribution in [-0.4, -0.2) is 21.9 Å². The number of nitrogens with one attached hydrogen (secondary N) is 2. The number of aromatic nitrogens is 2. The number of rotatable bonds is 5. The molecule has 0 aromatic carbocycles. The lowest BCUT2D eigenvalue weighted by Gasteiger charge is -2.06. The highest BCUT2D eigenvalue weighted by Crippen LogP contribution is 2.21. The topological polar surface area (TPSA) is 93.0 Å². The predicted molar refractivity (Wildman–Crippen MR) is 69.9 cm³/mol. The fourth-order valence-corrected chi connectivity index (χ4v) is 1.88. The molecule has 8 heteroatoms. The van der Waals surface area contributed by atoms with E-state index < -0.39 is 4.92 Å². The van der Waals surface area contributed by atoms with Gasteiger partial charge in [0.25, 0.3) is 5.69 Å². The van der Waals surface area contributed by atoms with Crippen molar-refractivity contribution in [2.24, 2.45) is 0 Å². The molecule has 0 bridgehead atoms. The van der Waals surface area contributed by atoms with Gasteiger partial charge in [-0.25, -0.2) is 4.98 Å². The summed E-state index contributed by atoms with van der Waals surface area (Å²) in [4.78, 5) is 19.5. The van der Waals surface area contributed by atoms with Crippen molar-refractivity contribution < 1.29 is 4.92 Å². The monoisotopic (exact) mass is 265 g/mol. The maximum atomic E-state index is 10.8. The van der Waals surface area contributed by atoms with E-state index in [1.165, 1.54) is 23.5 Å². The first-order chi connectivity index (χ1) is 8.69. The summed E-state index contributed by atoms with van der Waals surface area (Å²) >= 11 is 1.51. The molecule has 0 aliphatic heterocycles. The average molecular weight is 265 g/mol. The minimum absolute atomic E-state index is 0.00107. The quantitative estimate of drug-likeness (QED) is 0.635. The van der Waals surface area contributed by atoms with Gasteiger partial charge in [-0.1, -0.05) is 0 Å². The number of thiazole rings is 1. The zero-order valence-corrected chi connectivity index (χ0v) is 10.4. The van der Waals surface area contributed by atoms with Crippen LogP contribution in [0.4, 0.5) is 17.3 Å². The second-order valence-electron chi connectivity index (χ2n) is 3.42. The summed E-state index contributed by atoms with van der Waals surface area (Å²) in [5.74, 6) is 0.915. The van der Waals surface area contributed by atoms with Crippen molar-refractivity contribution in [1.29, 1.82) is 0 Å². The third kappa shape index (κ3) is 2.92. The Hall–Kier alpha value is -2.22. The first kappa shape index (κ1) is 12.2. The highest BCUT2D eigenvalue weighted by molar-refractivity contribution is 7.09. The summed E-state index contributed by atoms with van der Waals surface area (Å²) < 4.78 is 0. The predicted octanol–water partition coefficient (Wildman–Crippen LogP) is 2.10. The van der Waals surface area contributed by atoms with Gasteiger partial charge in [-0.3, -0.25) is 15.1 Å². The zero-order chi connectivity index (χ0) is 13.0. The highest BCUT2D eigenvalue weighted by Gasteiger charge is 2.10. The van der Waals surface area contributed by atoms with Gasteiger partial charge in [0.2, 0.25) is 0 Å². The molecule has 2 heterocycles. The minimum atomic E-state index is -0.444. The molecule has 0 unspecified atom stereocenters. The van der Waals surface area contributed by atoms with Gasteiger partial charge in [0.05, 0.1) is 29.1 Å². The Morgan fingerprint density at radius 3 is 2.83 bits per heavy atom. The van der Waals surface area contributed by atoms with Crippen LogP contribution in [0.15, 0.2) is 23.8 Å². The molecule has 0 aliphatic rings. The third-order valence-corrected chi connectivity index (χ3v) is 2.98. The maximum Gasteiger partial charge on any atom is 0.276 e. The second-order valence-corrected chi connectivity index (χ2v) is 4.40. The van der Waals surface area contributed by atoms with Crippen LogP contribution < -0.4 is 10.6 Å². The molecule has 0 atom stereocenters. The van der Waals surface area contributed by atoms with Crippen molar-refractivity contribution in [2.75, 3.05) is 17.7 Å². The molecular weight excluding hydrogens is 254 g/mol. The van der Waals surface area contributed by atoms with Gasteiger partial charge in [-0.15, -0.1) is 11.3 Å². The van der Waals surface area contributed by atoms with E-state index in [1.807, 2.05) is 0 Å². The van der Waals surface area contributed by atoms with Gasteiger partial charge in [-0.2, -0.15) is 0 Å². The Morgan fingerprint density at radius 2 is 2.22 bits per heavy atom. The van der Waals surface area contributed by atoms with Crippen molar-refractivity contribution in [3.05, 3.63) is 38.8 Å². The fourth-order valence-electron chi connectivity index (χ4n) is 1.35. The van der Waals surface area contributed by atoms with E-state index in [-0.39, 0.29) is 5.69 Å². The number of nitrogens with zero attached hydrogens (tertiary/aromatic N) is 3. The molecule has 0 spiro atoms. The highest BCUT2D eigenvalue weighted by atomic mass is 32.1. The summed E-state index contributed by atoms with van der Waals surface area (Å²) in [6, 6.07) is 2.79. The molecule has 0 aliphatic carbocycles. The van der Waals surface area contributed by atoms with Crippen LogP contribution in [-0.2, 0) is 6.54 Å². The summed E-state index contributed by atoms with van der Waals surface area (Å²) in [7, 11) is 1.67. The summed E-state index contributed by atoms with van der Waals surface area (Å²) in [5, 5.41) is 16.6. The molecule has 0 amide bonds. The van der Waals surface area contributed by atoms with Crippen LogP contribution in [0.5, 0.6) is 0 Å². The second kappa shape index (κ2) is 5.41. The van der Waals surface area contributed by atoms with E-state index >= 15 is 0 Å². The first-order valence-electron chi connectivity index (χ1n) is 5.14. The van der Waals surface area contributed by atoms with Crippen molar-refractivity contribution in [3.8, 4) is 0 Å². The van der Waals surface area contributed by atoms with Gasteiger partial charge in [0.15, 0.2) is 0 Å². The van der Waals surface area contributed by atoms with Crippen LogP contribution in [0, 0.1) is 10.1 Å². The number of nitro groups is 1. The molecule has 2 aromatic heterocycles. The lowest BCUT2D eigenvalue weighted by atomic mass is 10.3. The van der Waals surface area contributed by atoms with E-state index in [9.17, 15) is 10.1 Å². The molecule has 2 rings (SSSR count). The molecule has 0 saturated heterocycles. The number of pyridine rings is 1. The van der Waals surface area contributed by atoms with Gasteiger partial charge >= 0.3 is 0 Å². The standard InChI is InChI=1S/C10H11N5O2S/c1-11-9-2-7(15(16)17)3-10(14-9)13-5-8-4-12-6-18-8/h2-4,6H,5H2,1H3,(H2,11,13,14). The maximum absolute atomic E-state index is 10.8. The van der Waals surface area contributed by atoms with Crippen molar-refractivity contribution in [1.82, 2.24) is 9.97 Å². The van der Waals surface area contributed by atoms with E-state index in [1.54, 1.807) is 18.8 Å². The Bertz CT molecular complexity index is 543. The molecular formula is C10H11N5O2S. The van der Waals surface area contributed by atoms with Crippen LogP contribution >= 0.6 is 11.3 Å². The SMILES string of the molecule is CNc1cc([N+](=O)[O-])cc(NCc2cncs2)n1. The minimum Gasteiger partial charge on any atom is -0.373 e.